The number of fused-ring (bicyclic) bond motifs is 2. The van der Waals surface area contributed by atoms with E-state index in [4.69, 9.17) is 5.11 Å². The Morgan fingerprint density at radius 3 is 2.65 bits per heavy atom. The second-order valence-corrected chi connectivity index (χ2v) is 4.14. The normalized spacial score (nSPS) is 11.1. The Hall–Kier alpha value is -1.93. The molecule has 1 heterocycles. The molecule has 0 spiro atoms. The first kappa shape index (κ1) is 10.2. The number of hydrogen-bond donors (Lipinski definition) is 1. The summed E-state index contributed by atoms with van der Waals surface area (Å²) >= 11 is 0. The highest BCUT2D eigenvalue weighted by Crippen LogP contribution is 2.22. The molecule has 1 N–H and O–H groups in total. The number of benzene rings is 2. The summed E-state index contributed by atoms with van der Waals surface area (Å²) in [4.78, 5) is 4.69. The monoisotopic (exact) mass is 223 g/mol. The number of aliphatic hydroxyl groups is 1. The zero-order valence-electron chi connectivity index (χ0n) is 9.43. The Bertz CT molecular complexity index is 676. The minimum absolute atomic E-state index is 0.160. The van der Waals surface area contributed by atoms with Crippen LogP contribution in [0, 0.1) is 0 Å². The topological polar surface area (TPSA) is 33.1 Å². The van der Waals surface area contributed by atoms with Crippen LogP contribution in [0.1, 0.15) is 5.56 Å². The maximum absolute atomic E-state index is 9.06. The van der Waals surface area contributed by atoms with Gasteiger partial charge in [-0.25, -0.2) is 4.98 Å². The molecule has 84 valence electrons. The van der Waals surface area contributed by atoms with Crippen LogP contribution < -0.4 is 0 Å². The van der Waals surface area contributed by atoms with Gasteiger partial charge < -0.3 is 5.11 Å². The molecule has 0 aliphatic heterocycles. The summed E-state index contributed by atoms with van der Waals surface area (Å²) < 4.78 is 0. The number of nitrogens with zero attached hydrogens (tertiary/aromatic N) is 1. The van der Waals surface area contributed by atoms with Crippen molar-refractivity contribution in [2.45, 2.75) is 6.42 Å². The summed E-state index contributed by atoms with van der Waals surface area (Å²) in [5.41, 5.74) is 3.11. The van der Waals surface area contributed by atoms with Gasteiger partial charge in [-0.15, -0.1) is 0 Å². The minimum atomic E-state index is 0.160. The molecular weight excluding hydrogens is 210 g/mol. The van der Waals surface area contributed by atoms with E-state index in [9.17, 15) is 0 Å². The molecule has 0 saturated carbocycles. The molecule has 0 amide bonds. The van der Waals surface area contributed by atoms with Crippen LogP contribution in [0.4, 0.5) is 0 Å². The average molecular weight is 223 g/mol. The largest absolute Gasteiger partial charge is 0.396 e. The maximum Gasteiger partial charge on any atom is 0.0742 e. The first-order valence-electron chi connectivity index (χ1n) is 5.77. The van der Waals surface area contributed by atoms with E-state index in [2.05, 4.69) is 23.2 Å². The van der Waals surface area contributed by atoms with E-state index in [0.29, 0.717) is 6.42 Å². The van der Waals surface area contributed by atoms with Crippen molar-refractivity contribution in [3.8, 4) is 0 Å². The first-order chi connectivity index (χ1) is 8.38. The second kappa shape index (κ2) is 4.15. The first-order valence-corrected chi connectivity index (χ1v) is 5.77. The molecule has 0 aliphatic carbocycles. The third kappa shape index (κ3) is 1.77. The lowest BCUT2D eigenvalue weighted by Crippen LogP contribution is -1.94. The lowest BCUT2D eigenvalue weighted by atomic mass is 10.1. The molecule has 3 aromatic rings. The number of para-hydroxylation sites is 2. The Morgan fingerprint density at radius 2 is 1.76 bits per heavy atom. The van der Waals surface area contributed by atoms with E-state index in [1.807, 2.05) is 30.3 Å². The van der Waals surface area contributed by atoms with Crippen molar-refractivity contribution >= 4 is 21.8 Å². The van der Waals surface area contributed by atoms with Crippen LogP contribution in [-0.2, 0) is 6.42 Å². The Morgan fingerprint density at radius 1 is 0.941 bits per heavy atom. The zero-order chi connectivity index (χ0) is 11.7. The Labute approximate surface area is 99.5 Å². The van der Waals surface area contributed by atoms with Crippen molar-refractivity contribution < 1.29 is 5.11 Å². The SMILES string of the molecule is OCCc1cccc2cc3ccccc3nc12. The molecule has 0 atom stereocenters. The van der Waals surface area contributed by atoms with E-state index in [1.165, 1.54) is 0 Å². The maximum atomic E-state index is 9.06. The van der Waals surface area contributed by atoms with Crippen LogP contribution in [0.15, 0.2) is 48.5 Å². The third-order valence-corrected chi connectivity index (χ3v) is 3.01. The van der Waals surface area contributed by atoms with Crippen molar-refractivity contribution in [3.05, 3.63) is 54.1 Å². The van der Waals surface area contributed by atoms with Gasteiger partial charge in [0.15, 0.2) is 0 Å². The quantitative estimate of drug-likeness (QED) is 0.677. The number of hydrogen-bond acceptors (Lipinski definition) is 2. The highest BCUT2D eigenvalue weighted by atomic mass is 16.2. The molecule has 2 heteroatoms. The van der Waals surface area contributed by atoms with E-state index in [1.54, 1.807) is 0 Å². The van der Waals surface area contributed by atoms with Gasteiger partial charge in [0.2, 0.25) is 0 Å². The minimum Gasteiger partial charge on any atom is -0.396 e. The molecule has 3 rings (SSSR count). The molecule has 0 saturated heterocycles. The van der Waals surface area contributed by atoms with Crippen LogP contribution in [0.3, 0.4) is 0 Å². The molecular formula is C15H13NO. The molecule has 1 aromatic heterocycles. The summed E-state index contributed by atoms with van der Waals surface area (Å²) in [6.45, 7) is 0.160. The molecule has 0 radical (unpaired) electrons. The highest BCUT2D eigenvalue weighted by Gasteiger charge is 2.03. The molecule has 2 nitrogen and oxygen atoms in total. The van der Waals surface area contributed by atoms with Gasteiger partial charge in [-0.1, -0.05) is 36.4 Å². The molecule has 0 aliphatic rings. The van der Waals surface area contributed by atoms with Gasteiger partial charge in [0.1, 0.15) is 0 Å². The van der Waals surface area contributed by atoms with Crippen LogP contribution in [0.25, 0.3) is 21.8 Å². The smallest absolute Gasteiger partial charge is 0.0742 e. The third-order valence-electron chi connectivity index (χ3n) is 3.01. The van der Waals surface area contributed by atoms with Gasteiger partial charge in [0.25, 0.3) is 0 Å². The van der Waals surface area contributed by atoms with Gasteiger partial charge in [0, 0.05) is 17.4 Å². The summed E-state index contributed by atoms with van der Waals surface area (Å²) in [5.74, 6) is 0. The fourth-order valence-corrected chi connectivity index (χ4v) is 2.19. The summed E-state index contributed by atoms with van der Waals surface area (Å²) in [6, 6.07) is 16.4. The van der Waals surface area contributed by atoms with E-state index >= 15 is 0 Å². The van der Waals surface area contributed by atoms with Crippen LogP contribution in [0.5, 0.6) is 0 Å². The van der Waals surface area contributed by atoms with Crippen LogP contribution >= 0.6 is 0 Å². The number of aromatic nitrogens is 1. The summed E-state index contributed by atoms with van der Waals surface area (Å²) in [7, 11) is 0. The lowest BCUT2D eigenvalue weighted by Gasteiger charge is -2.06. The highest BCUT2D eigenvalue weighted by molar-refractivity contribution is 5.94. The predicted octanol–water partition coefficient (Wildman–Crippen LogP) is 2.92. The lowest BCUT2D eigenvalue weighted by molar-refractivity contribution is 0.300. The Balaban J connectivity index is 2.35. The van der Waals surface area contributed by atoms with Crippen molar-refractivity contribution in [2.75, 3.05) is 6.61 Å². The fraction of sp³-hybridized carbons (Fsp3) is 0.133. The predicted molar refractivity (Wildman–Crippen MR) is 70.0 cm³/mol. The second-order valence-electron chi connectivity index (χ2n) is 4.14. The number of aliphatic hydroxyl groups excluding tert-OH is 1. The zero-order valence-corrected chi connectivity index (χ0v) is 9.43. The van der Waals surface area contributed by atoms with Gasteiger partial charge >= 0.3 is 0 Å². The summed E-state index contributed by atoms with van der Waals surface area (Å²) in [5, 5.41) is 11.4. The van der Waals surface area contributed by atoms with Gasteiger partial charge in [-0.05, 0) is 24.1 Å². The van der Waals surface area contributed by atoms with Crippen molar-refractivity contribution in [1.82, 2.24) is 4.98 Å². The van der Waals surface area contributed by atoms with Crippen molar-refractivity contribution in [1.29, 1.82) is 0 Å². The average Bonchev–Trinajstić information content (AvgIpc) is 2.37. The van der Waals surface area contributed by atoms with E-state index in [-0.39, 0.29) is 6.61 Å². The molecule has 0 fully saturated rings. The standard InChI is InChI=1S/C15H13NO/c17-9-8-11-5-3-6-13-10-12-4-1-2-7-14(12)16-15(11)13/h1-7,10,17H,8-9H2. The van der Waals surface area contributed by atoms with Crippen LogP contribution in [-0.4, -0.2) is 16.7 Å². The number of rotatable bonds is 2. The Kier molecular flexibility index (Phi) is 2.50. The van der Waals surface area contributed by atoms with Gasteiger partial charge in [-0.2, -0.15) is 0 Å². The van der Waals surface area contributed by atoms with Crippen molar-refractivity contribution in [2.24, 2.45) is 0 Å². The molecule has 0 unspecified atom stereocenters. The van der Waals surface area contributed by atoms with E-state index in [0.717, 1.165) is 27.4 Å². The van der Waals surface area contributed by atoms with Crippen molar-refractivity contribution in [3.63, 3.8) is 0 Å². The fourth-order valence-electron chi connectivity index (χ4n) is 2.19. The van der Waals surface area contributed by atoms with E-state index < -0.39 is 0 Å². The summed E-state index contributed by atoms with van der Waals surface area (Å²) in [6.07, 6.45) is 0.655. The van der Waals surface area contributed by atoms with Crippen LogP contribution in [0.2, 0.25) is 0 Å². The van der Waals surface area contributed by atoms with Gasteiger partial charge in [-0.3, -0.25) is 0 Å². The number of pyridine rings is 1. The molecule has 0 bridgehead atoms. The molecule has 17 heavy (non-hydrogen) atoms. The molecule has 2 aromatic carbocycles. The van der Waals surface area contributed by atoms with Gasteiger partial charge in [0.05, 0.1) is 11.0 Å².